The summed E-state index contributed by atoms with van der Waals surface area (Å²) >= 11 is 3.54. The van der Waals surface area contributed by atoms with Crippen LogP contribution in [0, 0.1) is 5.41 Å². The molecule has 0 aromatic heterocycles. The van der Waals surface area contributed by atoms with Crippen LogP contribution < -0.4 is 5.32 Å². The predicted octanol–water partition coefficient (Wildman–Crippen LogP) is 3.00. The summed E-state index contributed by atoms with van der Waals surface area (Å²) in [5, 5.41) is 3.35. The fourth-order valence-corrected chi connectivity index (χ4v) is 4.22. The van der Waals surface area contributed by atoms with E-state index in [0.29, 0.717) is 19.3 Å². The molecule has 0 radical (unpaired) electrons. The molecule has 2 fully saturated rings. The number of likely N-dealkylation sites (tertiary alicyclic amines) is 1. The molecule has 5 heteroatoms. The number of halogens is 1. The normalized spacial score (nSPS) is 22.2. The second-order valence-electron chi connectivity index (χ2n) is 7.25. The number of ether oxygens (including phenoxy) is 1. The number of hydrogen-bond acceptors (Lipinski definition) is 3. The number of carbonyl (C=O) groups excluding carboxylic acids is 1. The van der Waals surface area contributed by atoms with Crippen molar-refractivity contribution >= 4 is 21.8 Å². The molecule has 0 unspecified atom stereocenters. The summed E-state index contributed by atoms with van der Waals surface area (Å²) in [6.07, 6.45) is 4.49. The highest BCUT2D eigenvalue weighted by Gasteiger charge is 2.41. The maximum Gasteiger partial charge on any atom is 0.226 e. The minimum absolute atomic E-state index is 0.223. The number of piperidine rings is 1. The number of carbonyl (C=O) groups is 1. The van der Waals surface area contributed by atoms with Crippen LogP contribution >= 0.6 is 15.9 Å². The largest absolute Gasteiger partial charge is 0.381 e. The quantitative estimate of drug-likeness (QED) is 0.853. The van der Waals surface area contributed by atoms with Crippen LogP contribution in [0.1, 0.15) is 31.2 Å². The topological polar surface area (TPSA) is 41.6 Å². The average Bonchev–Trinajstić information content (AvgIpc) is 2.58. The zero-order valence-corrected chi connectivity index (χ0v) is 16.0. The Morgan fingerprint density at radius 3 is 2.71 bits per heavy atom. The first-order valence-electron chi connectivity index (χ1n) is 8.89. The zero-order chi connectivity index (χ0) is 17.0. The number of amides is 1. The van der Waals surface area contributed by atoms with E-state index in [2.05, 4.69) is 45.3 Å². The lowest BCUT2D eigenvalue weighted by Crippen LogP contribution is -2.51. The van der Waals surface area contributed by atoms with Gasteiger partial charge in [-0.1, -0.05) is 28.1 Å². The predicted molar refractivity (Wildman–Crippen MR) is 99.0 cm³/mol. The third-order valence-corrected chi connectivity index (χ3v) is 5.91. The van der Waals surface area contributed by atoms with Crippen molar-refractivity contribution in [3.63, 3.8) is 0 Å². The average molecular weight is 395 g/mol. The fraction of sp³-hybridized carbons (Fsp3) is 0.632. The Balaban J connectivity index is 1.71. The minimum Gasteiger partial charge on any atom is -0.381 e. The Morgan fingerprint density at radius 1 is 1.33 bits per heavy atom. The highest BCUT2D eigenvalue weighted by Crippen LogP contribution is 2.35. The van der Waals surface area contributed by atoms with Gasteiger partial charge in [-0.25, -0.2) is 0 Å². The molecule has 24 heavy (non-hydrogen) atoms. The Morgan fingerprint density at radius 2 is 2.04 bits per heavy atom. The summed E-state index contributed by atoms with van der Waals surface area (Å²) < 4.78 is 6.61. The number of nitrogens with zero attached hydrogens (tertiary/aromatic N) is 1. The van der Waals surface area contributed by atoms with E-state index in [9.17, 15) is 4.79 Å². The molecule has 0 aliphatic carbocycles. The molecular weight excluding hydrogens is 368 g/mol. The van der Waals surface area contributed by atoms with Crippen molar-refractivity contribution in [2.24, 2.45) is 5.41 Å². The number of nitrogens with one attached hydrogen (secondary N) is 1. The van der Waals surface area contributed by atoms with Gasteiger partial charge in [-0.3, -0.25) is 4.79 Å². The molecule has 3 rings (SSSR count). The van der Waals surface area contributed by atoms with Crippen molar-refractivity contribution in [1.29, 1.82) is 0 Å². The fourth-order valence-electron chi connectivity index (χ4n) is 3.78. The van der Waals surface area contributed by atoms with Crippen LogP contribution in [0.4, 0.5) is 0 Å². The Hall–Kier alpha value is -0.910. The number of hydrogen-bond donors (Lipinski definition) is 1. The van der Waals surface area contributed by atoms with E-state index in [-0.39, 0.29) is 11.3 Å². The highest BCUT2D eigenvalue weighted by molar-refractivity contribution is 9.10. The third-order valence-electron chi connectivity index (χ3n) is 5.42. The summed E-state index contributed by atoms with van der Waals surface area (Å²) in [6, 6.07) is 8.63. The second-order valence-corrected chi connectivity index (χ2v) is 8.17. The number of benzene rings is 1. The molecule has 1 amide bonds. The van der Waals surface area contributed by atoms with Gasteiger partial charge in [0.25, 0.3) is 0 Å². The molecule has 0 saturated carbocycles. The van der Waals surface area contributed by atoms with Gasteiger partial charge in [-0.15, -0.1) is 0 Å². The van der Waals surface area contributed by atoms with Gasteiger partial charge in [0, 0.05) is 23.7 Å². The summed E-state index contributed by atoms with van der Waals surface area (Å²) in [7, 11) is 2.14. The summed E-state index contributed by atoms with van der Waals surface area (Å²) in [4.78, 5) is 15.5. The van der Waals surface area contributed by atoms with Crippen LogP contribution in [0.25, 0.3) is 0 Å². The van der Waals surface area contributed by atoms with Crippen LogP contribution in [0.2, 0.25) is 0 Å². The Kier molecular flexibility index (Phi) is 5.95. The van der Waals surface area contributed by atoms with Crippen LogP contribution in [0.5, 0.6) is 0 Å². The van der Waals surface area contributed by atoms with Crippen molar-refractivity contribution < 1.29 is 9.53 Å². The molecule has 2 aliphatic heterocycles. The molecular formula is C19H27BrN2O2. The van der Waals surface area contributed by atoms with E-state index in [4.69, 9.17) is 4.74 Å². The highest BCUT2D eigenvalue weighted by atomic mass is 79.9. The van der Waals surface area contributed by atoms with Crippen molar-refractivity contribution in [2.45, 2.75) is 38.1 Å². The van der Waals surface area contributed by atoms with Crippen molar-refractivity contribution in [1.82, 2.24) is 10.2 Å². The lowest BCUT2D eigenvalue weighted by atomic mass is 9.74. The lowest BCUT2D eigenvalue weighted by Gasteiger charge is -2.38. The van der Waals surface area contributed by atoms with Gasteiger partial charge < -0.3 is 15.0 Å². The molecule has 2 heterocycles. The van der Waals surface area contributed by atoms with Crippen LogP contribution in [0.3, 0.4) is 0 Å². The van der Waals surface area contributed by atoms with E-state index in [0.717, 1.165) is 49.7 Å². The van der Waals surface area contributed by atoms with Crippen molar-refractivity contribution in [3.05, 3.63) is 34.3 Å². The van der Waals surface area contributed by atoms with Crippen molar-refractivity contribution in [2.75, 3.05) is 33.4 Å². The Labute approximate surface area is 153 Å². The SMILES string of the molecule is CN1CCC(NC(=O)C2(Cc3cccc(Br)c3)CCOCC2)CC1. The molecule has 1 aromatic rings. The zero-order valence-electron chi connectivity index (χ0n) is 14.4. The van der Waals surface area contributed by atoms with E-state index in [1.165, 1.54) is 5.56 Å². The third kappa shape index (κ3) is 4.38. The molecule has 4 nitrogen and oxygen atoms in total. The summed E-state index contributed by atoms with van der Waals surface area (Å²) in [5.41, 5.74) is 0.882. The van der Waals surface area contributed by atoms with Crippen LogP contribution in [0.15, 0.2) is 28.7 Å². The molecule has 1 aromatic carbocycles. The molecule has 1 N–H and O–H groups in total. The molecule has 2 aliphatic rings. The molecule has 132 valence electrons. The number of rotatable bonds is 4. The van der Waals surface area contributed by atoms with Gasteiger partial charge in [-0.2, -0.15) is 0 Å². The van der Waals surface area contributed by atoms with Crippen LogP contribution in [-0.4, -0.2) is 50.2 Å². The first-order valence-corrected chi connectivity index (χ1v) is 9.68. The molecule has 0 spiro atoms. The summed E-state index contributed by atoms with van der Waals surface area (Å²) in [5.74, 6) is 0.223. The molecule has 0 bridgehead atoms. The Bertz CT molecular complexity index is 564. The first-order chi connectivity index (χ1) is 11.6. The molecule has 2 saturated heterocycles. The van der Waals surface area contributed by atoms with E-state index in [1.54, 1.807) is 0 Å². The van der Waals surface area contributed by atoms with E-state index < -0.39 is 0 Å². The summed E-state index contributed by atoms with van der Waals surface area (Å²) in [6.45, 7) is 3.48. The monoisotopic (exact) mass is 394 g/mol. The standard InChI is InChI=1S/C19H27BrN2O2/c1-22-9-5-17(6-10-22)21-18(23)19(7-11-24-12-8-19)14-15-3-2-4-16(20)13-15/h2-4,13,17H,5-12,14H2,1H3,(H,21,23). The molecule has 0 atom stereocenters. The van der Waals surface area contributed by atoms with Gasteiger partial charge in [0.05, 0.1) is 5.41 Å². The van der Waals surface area contributed by atoms with Gasteiger partial charge in [0.15, 0.2) is 0 Å². The van der Waals surface area contributed by atoms with E-state index in [1.807, 2.05) is 12.1 Å². The van der Waals surface area contributed by atoms with Gasteiger partial charge in [0.2, 0.25) is 5.91 Å². The van der Waals surface area contributed by atoms with Crippen molar-refractivity contribution in [3.8, 4) is 0 Å². The smallest absolute Gasteiger partial charge is 0.226 e. The van der Waals surface area contributed by atoms with Gasteiger partial charge >= 0.3 is 0 Å². The maximum absolute atomic E-state index is 13.2. The minimum atomic E-state index is -0.331. The van der Waals surface area contributed by atoms with Gasteiger partial charge in [-0.05, 0) is 69.9 Å². The van der Waals surface area contributed by atoms with E-state index >= 15 is 0 Å². The first kappa shape index (κ1) is 17.9. The lowest BCUT2D eigenvalue weighted by molar-refractivity contribution is -0.137. The van der Waals surface area contributed by atoms with Gasteiger partial charge in [0.1, 0.15) is 0 Å². The second kappa shape index (κ2) is 7.98. The maximum atomic E-state index is 13.2. The van der Waals surface area contributed by atoms with Crippen LogP contribution in [-0.2, 0) is 16.0 Å².